The molecule has 2 amide bonds. The summed E-state index contributed by atoms with van der Waals surface area (Å²) < 4.78 is 45.9. The number of para-hydroxylation sites is 2. The maximum Gasteiger partial charge on any atom is 0.264 e. The SMILES string of the molecule is COc1ccc(S(=O)(=O)N(CC(=O)N(Cc2cccc(OC)c2)C(Cc2ccccc2)C(=O)NC(C)(C)C)c2ccccc2OC)cc1. The Morgan fingerprint density at radius 1 is 0.750 bits per heavy atom. The van der Waals surface area contributed by atoms with Crippen LogP contribution in [0.1, 0.15) is 31.9 Å². The highest BCUT2D eigenvalue weighted by Crippen LogP contribution is 2.33. The molecule has 0 aliphatic heterocycles. The second kappa shape index (κ2) is 15.7. The molecule has 0 aliphatic carbocycles. The minimum Gasteiger partial charge on any atom is -0.497 e. The van der Waals surface area contributed by atoms with Crippen molar-refractivity contribution in [3.05, 3.63) is 114 Å². The molecule has 48 heavy (non-hydrogen) atoms. The zero-order chi connectivity index (χ0) is 34.9. The Morgan fingerprint density at radius 3 is 2.00 bits per heavy atom. The molecule has 0 bridgehead atoms. The van der Waals surface area contributed by atoms with Gasteiger partial charge in [0.2, 0.25) is 11.8 Å². The second-order valence-corrected chi connectivity index (χ2v) is 14.0. The van der Waals surface area contributed by atoms with Crippen LogP contribution in [0.25, 0.3) is 0 Å². The first-order chi connectivity index (χ1) is 22.9. The third-order valence-corrected chi connectivity index (χ3v) is 9.31. The molecule has 254 valence electrons. The Kier molecular flexibility index (Phi) is 11.7. The number of hydrogen-bond donors (Lipinski definition) is 1. The Labute approximate surface area is 283 Å². The molecule has 0 aliphatic rings. The third-order valence-electron chi connectivity index (χ3n) is 7.54. The van der Waals surface area contributed by atoms with Crippen LogP contribution in [0.15, 0.2) is 108 Å². The summed E-state index contributed by atoms with van der Waals surface area (Å²) >= 11 is 0. The van der Waals surface area contributed by atoms with Crippen molar-refractivity contribution < 1.29 is 32.2 Å². The molecule has 0 spiro atoms. The Bertz CT molecular complexity index is 1790. The lowest BCUT2D eigenvalue weighted by Gasteiger charge is -2.35. The third kappa shape index (κ3) is 9.07. The van der Waals surface area contributed by atoms with Gasteiger partial charge < -0.3 is 24.4 Å². The first kappa shape index (κ1) is 35.8. The zero-order valence-electron chi connectivity index (χ0n) is 28.2. The minimum atomic E-state index is -4.33. The van der Waals surface area contributed by atoms with Gasteiger partial charge in [0, 0.05) is 18.5 Å². The highest BCUT2D eigenvalue weighted by Gasteiger charge is 2.36. The first-order valence-corrected chi connectivity index (χ1v) is 16.9. The van der Waals surface area contributed by atoms with E-state index in [0.29, 0.717) is 17.1 Å². The molecular weight excluding hydrogens is 630 g/mol. The maximum absolute atomic E-state index is 14.7. The summed E-state index contributed by atoms with van der Waals surface area (Å²) in [4.78, 5) is 30.2. The highest BCUT2D eigenvalue weighted by molar-refractivity contribution is 7.92. The molecule has 1 atom stereocenters. The van der Waals surface area contributed by atoms with Gasteiger partial charge in [0.05, 0.1) is 31.9 Å². The number of methoxy groups -OCH3 is 3. The number of anilines is 1. The lowest BCUT2D eigenvalue weighted by Crippen LogP contribution is -2.56. The normalized spacial score (nSPS) is 12.0. The number of carbonyl (C=O) groups is 2. The van der Waals surface area contributed by atoms with Crippen molar-refractivity contribution in [2.75, 3.05) is 32.2 Å². The Balaban J connectivity index is 1.85. The van der Waals surface area contributed by atoms with Crippen molar-refractivity contribution in [1.82, 2.24) is 10.2 Å². The standard InChI is InChI=1S/C37H43N3O7S/c1-37(2,3)38-36(42)33(24-27-13-8-7-9-14-27)39(25-28-15-12-16-30(23-28)46-5)35(41)26-40(32-17-10-11-18-34(32)47-6)48(43,44)31-21-19-29(45-4)20-22-31/h7-23,33H,24-26H2,1-6H3,(H,38,42). The fraction of sp³-hybridized carbons (Fsp3) is 0.297. The van der Waals surface area contributed by atoms with Gasteiger partial charge in [-0.05, 0) is 80.4 Å². The topological polar surface area (TPSA) is 114 Å². The summed E-state index contributed by atoms with van der Waals surface area (Å²) in [6.45, 7) is 4.98. The van der Waals surface area contributed by atoms with Gasteiger partial charge in [-0.1, -0.05) is 54.6 Å². The van der Waals surface area contributed by atoms with Crippen LogP contribution in [0.2, 0.25) is 0 Å². The molecule has 0 fully saturated rings. The number of amides is 2. The first-order valence-electron chi connectivity index (χ1n) is 15.4. The fourth-order valence-corrected chi connectivity index (χ4v) is 6.62. The smallest absolute Gasteiger partial charge is 0.264 e. The Hall–Kier alpha value is -5.03. The highest BCUT2D eigenvalue weighted by atomic mass is 32.2. The van der Waals surface area contributed by atoms with E-state index in [-0.39, 0.29) is 35.2 Å². The van der Waals surface area contributed by atoms with Crippen LogP contribution in [0.4, 0.5) is 5.69 Å². The van der Waals surface area contributed by atoms with Gasteiger partial charge in [0.15, 0.2) is 0 Å². The Morgan fingerprint density at radius 2 is 1.38 bits per heavy atom. The van der Waals surface area contributed by atoms with E-state index >= 15 is 0 Å². The van der Waals surface area contributed by atoms with Gasteiger partial charge in [-0.25, -0.2) is 8.42 Å². The summed E-state index contributed by atoms with van der Waals surface area (Å²) in [5, 5.41) is 3.03. The van der Waals surface area contributed by atoms with E-state index in [1.807, 2.05) is 57.2 Å². The van der Waals surface area contributed by atoms with Gasteiger partial charge in [-0.2, -0.15) is 0 Å². The number of carbonyl (C=O) groups excluding carboxylic acids is 2. The van der Waals surface area contributed by atoms with Gasteiger partial charge in [0.1, 0.15) is 29.8 Å². The zero-order valence-corrected chi connectivity index (χ0v) is 29.0. The molecule has 0 heterocycles. The molecule has 1 unspecified atom stereocenters. The molecule has 4 rings (SSSR count). The van der Waals surface area contributed by atoms with Crippen molar-refractivity contribution in [3.63, 3.8) is 0 Å². The number of hydrogen-bond acceptors (Lipinski definition) is 7. The minimum absolute atomic E-state index is 0.00739. The summed E-state index contributed by atoms with van der Waals surface area (Å²) in [7, 11) is 0.139. The van der Waals surface area contributed by atoms with E-state index in [2.05, 4.69) is 5.32 Å². The largest absolute Gasteiger partial charge is 0.497 e. The second-order valence-electron chi connectivity index (χ2n) is 12.2. The average Bonchev–Trinajstić information content (AvgIpc) is 3.08. The van der Waals surface area contributed by atoms with E-state index in [1.165, 1.54) is 43.4 Å². The molecule has 10 nitrogen and oxygen atoms in total. The predicted octanol–water partition coefficient (Wildman–Crippen LogP) is 5.46. The number of sulfonamides is 1. The summed E-state index contributed by atoms with van der Waals surface area (Å²) in [5.41, 5.74) is 1.11. The van der Waals surface area contributed by atoms with Crippen LogP contribution in [-0.4, -0.2) is 64.6 Å². The number of benzene rings is 4. The molecule has 0 aromatic heterocycles. The van der Waals surface area contributed by atoms with E-state index in [0.717, 1.165) is 9.87 Å². The lowest BCUT2D eigenvalue weighted by molar-refractivity contribution is -0.140. The van der Waals surface area contributed by atoms with Crippen LogP contribution in [0.5, 0.6) is 17.2 Å². The van der Waals surface area contributed by atoms with Gasteiger partial charge in [-0.15, -0.1) is 0 Å². The molecular formula is C37H43N3O7S. The van der Waals surface area contributed by atoms with Crippen molar-refractivity contribution in [2.45, 2.75) is 50.2 Å². The van der Waals surface area contributed by atoms with E-state index in [4.69, 9.17) is 14.2 Å². The number of rotatable bonds is 14. The van der Waals surface area contributed by atoms with Crippen LogP contribution in [-0.2, 0) is 32.6 Å². The fourth-order valence-electron chi connectivity index (χ4n) is 5.20. The van der Waals surface area contributed by atoms with Gasteiger partial charge in [-0.3, -0.25) is 13.9 Å². The quantitative estimate of drug-likeness (QED) is 0.189. The summed E-state index contributed by atoms with van der Waals surface area (Å²) in [6, 6.07) is 28.1. The van der Waals surface area contributed by atoms with Crippen molar-refractivity contribution in [1.29, 1.82) is 0 Å². The van der Waals surface area contributed by atoms with Crippen molar-refractivity contribution in [2.24, 2.45) is 0 Å². The molecule has 4 aromatic carbocycles. The maximum atomic E-state index is 14.7. The van der Waals surface area contributed by atoms with Crippen LogP contribution in [0.3, 0.4) is 0 Å². The van der Waals surface area contributed by atoms with Gasteiger partial charge >= 0.3 is 0 Å². The van der Waals surface area contributed by atoms with Crippen LogP contribution in [0, 0.1) is 0 Å². The molecule has 1 N–H and O–H groups in total. The van der Waals surface area contributed by atoms with Crippen LogP contribution < -0.4 is 23.8 Å². The van der Waals surface area contributed by atoms with E-state index in [1.54, 1.807) is 49.6 Å². The number of ether oxygens (including phenoxy) is 3. The monoisotopic (exact) mass is 673 g/mol. The molecule has 11 heteroatoms. The predicted molar refractivity (Wildman–Crippen MR) is 186 cm³/mol. The lowest BCUT2D eigenvalue weighted by atomic mass is 10.0. The van der Waals surface area contributed by atoms with Gasteiger partial charge in [0.25, 0.3) is 10.0 Å². The van der Waals surface area contributed by atoms with Crippen molar-refractivity contribution in [3.8, 4) is 17.2 Å². The average molecular weight is 674 g/mol. The molecule has 0 radical (unpaired) electrons. The molecule has 4 aromatic rings. The van der Waals surface area contributed by atoms with Crippen molar-refractivity contribution >= 4 is 27.5 Å². The van der Waals surface area contributed by atoms with Crippen LogP contribution >= 0.6 is 0 Å². The number of nitrogens with zero attached hydrogens (tertiary/aromatic N) is 2. The summed E-state index contributed by atoms with van der Waals surface area (Å²) in [5.74, 6) is 0.353. The molecule has 0 saturated heterocycles. The summed E-state index contributed by atoms with van der Waals surface area (Å²) in [6.07, 6.45) is 0.193. The molecule has 0 saturated carbocycles. The van der Waals surface area contributed by atoms with E-state index in [9.17, 15) is 18.0 Å². The number of nitrogens with one attached hydrogen (secondary N) is 1. The van der Waals surface area contributed by atoms with E-state index < -0.39 is 34.1 Å².